The van der Waals surface area contributed by atoms with Crippen LogP contribution in [0.3, 0.4) is 0 Å². The van der Waals surface area contributed by atoms with Crippen LogP contribution in [0.15, 0.2) is 34.4 Å². The van der Waals surface area contributed by atoms with Crippen molar-refractivity contribution in [2.24, 2.45) is 12.2 Å². The van der Waals surface area contributed by atoms with E-state index < -0.39 is 6.04 Å². The van der Waals surface area contributed by atoms with Crippen molar-refractivity contribution in [3.05, 3.63) is 34.2 Å². The minimum Gasteiger partial charge on any atom is -0.411 e. The number of rotatable bonds is 7. The Morgan fingerprint density at radius 1 is 1.75 bits per heavy atom. The Labute approximate surface area is 121 Å². The summed E-state index contributed by atoms with van der Waals surface area (Å²) in [6.45, 7) is 3.36. The fourth-order valence-corrected chi connectivity index (χ4v) is 2.41. The van der Waals surface area contributed by atoms with E-state index in [2.05, 4.69) is 10.1 Å². The third-order valence-corrected chi connectivity index (χ3v) is 3.96. The predicted molar refractivity (Wildman–Crippen MR) is 78.0 cm³/mol. The molecule has 0 bridgehead atoms. The van der Waals surface area contributed by atoms with Gasteiger partial charge in [-0.2, -0.15) is 0 Å². The zero-order valence-electron chi connectivity index (χ0n) is 11.7. The van der Waals surface area contributed by atoms with Crippen LogP contribution >= 0.6 is 11.8 Å². The molecule has 0 saturated heterocycles. The van der Waals surface area contributed by atoms with E-state index in [1.807, 2.05) is 24.7 Å². The highest BCUT2D eigenvalue weighted by Gasteiger charge is 2.18. The maximum Gasteiger partial charge on any atom is 0.231 e. The van der Waals surface area contributed by atoms with Crippen molar-refractivity contribution in [1.82, 2.24) is 9.55 Å². The summed E-state index contributed by atoms with van der Waals surface area (Å²) in [5.74, 6) is 0.398. The standard InChI is InChI=1S/C12H18N4O3S/c1-4-10(9(2)16(18)19)7-11(14-17)8-20-12-13-5-6-15(12)3/h5-7,9,17H,4,8H2,1-3H3. The summed E-state index contributed by atoms with van der Waals surface area (Å²) in [6, 6.07) is -0.782. The Balaban J connectivity index is 2.76. The van der Waals surface area contributed by atoms with E-state index >= 15 is 0 Å². The summed E-state index contributed by atoms with van der Waals surface area (Å²) in [6.07, 6.45) is 5.62. The highest BCUT2D eigenvalue weighted by atomic mass is 32.2. The van der Waals surface area contributed by atoms with E-state index in [4.69, 9.17) is 5.21 Å². The molecule has 1 aromatic rings. The largest absolute Gasteiger partial charge is 0.411 e. The number of nitrogens with zero attached hydrogens (tertiary/aromatic N) is 4. The molecule has 1 aromatic heterocycles. The van der Waals surface area contributed by atoms with E-state index in [0.29, 0.717) is 23.5 Å². The van der Waals surface area contributed by atoms with Gasteiger partial charge in [-0.25, -0.2) is 4.98 Å². The summed E-state index contributed by atoms with van der Waals surface area (Å²) in [5.41, 5.74) is 1.02. The molecule has 110 valence electrons. The first-order valence-electron chi connectivity index (χ1n) is 6.14. The summed E-state index contributed by atoms with van der Waals surface area (Å²) < 4.78 is 1.85. The molecule has 0 amide bonds. The zero-order chi connectivity index (χ0) is 15.1. The first kappa shape index (κ1) is 16.2. The highest BCUT2D eigenvalue weighted by Crippen LogP contribution is 2.17. The molecule has 1 unspecified atom stereocenters. The lowest BCUT2D eigenvalue weighted by atomic mass is 10.1. The molecule has 8 heteroatoms. The smallest absolute Gasteiger partial charge is 0.231 e. The second-order valence-electron chi connectivity index (χ2n) is 4.23. The van der Waals surface area contributed by atoms with Crippen LogP contribution in [-0.2, 0) is 7.05 Å². The van der Waals surface area contributed by atoms with Crippen LogP contribution in [0.5, 0.6) is 0 Å². The van der Waals surface area contributed by atoms with Crippen molar-refractivity contribution in [1.29, 1.82) is 0 Å². The molecule has 7 nitrogen and oxygen atoms in total. The van der Waals surface area contributed by atoms with Crippen molar-refractivity contribution in [2.45, 2.75) is 31.5 Å². The molecule has 0 radical (unpaired) electrons. The average molecular weight is 298 g/mol. The maximum atomic E-state index is 10.8. The quantitative estimate of drug-likeness (QED) is 0.274. The van der Waals surface area contributed by atoms with Crippen LogP contribution in [0.1, 0.15) is 20.3 Å². The van der Waals surface area contributed by atoms with Crippen LogP contribution in [-0.4, -0.2) is 37.2 Å². The maximum absolute atomic E-state index is 10.8. The van der Waals surface area contributed by atoms with Crippen molar-refractivity contribution in [3.63, 3.8) is 0 Å². The summed E-state index contributed by atoms with van der Waals surface area (Å²) in [5, 5.41) is 23.8. The number of hydrogen-bond acceptors (Lipinski definition) is 6. The van der Waals surface area contributed by atoms with Gasteiger partial charge in [0, 0.05) is 42.6 Å². The first-order valence-corrected chi connectivity index (χ1v) is 7.13. The van der Waals surface area contributed by atoms with Gasteiger partial charge in [-0.15, -0.1) is 0 Å². The predicted octanol–water partition coefficient (Wildman–Crippen LogP) is 2.34. The van der Waals surface area contributed by atoms with Crippen LogP contribution < -0.4 is 0 Å². The lowest BCUT2D eigenvalue weighted by molar-refractivity contribution is -0.507. The van der Waals surface area contributed by atoms with Gasteiger partial charge in [0.05, 0.1) is 5.71 Å². The zero-order valence-corrected chi connectivity index (χ0v) is 12.5. The van der Waals surface area contributed by atoms with Gasteiger partial charge in [0.25, 0.3) is 0 Å². The fraction of sp³-hybridized carbons (Fsp3) is 0.500. The number of hydrogen-bond donors (Lipinski definition) is 1. The summed E-state index contributed by atoms with van der Waals surface area (Å²) in [4.78, 5) is 14.6. The number of nitro groups is 1. The normalized spacial score (nSPS) is 14.3. The van der Waals surface area contributed by atoms with Gasteiger partial charge in [-0.3, -0.25) is 10.1 Å². The molecule has 1 rings (SSSR count). The number of allylic oxidation sites excluding steroid dienone is 1. The van der Waals surface area contributed by atoms with Gasteiger partial charge in [-0.05, 0) is 12.5 Å². The van der Waals surface area contributed by atoms with Gasteiger partial charge in [-0.1, -0.05) is 23.8 Å². The molecule has 0 aliphatic rings. The van der Waals surface area contributed by atoms with Crippen LogP contribution in [0.25, 0.3) is 0 Å². The molecule has 1 atom stereocenters. The average Bonchev–Trinajstić information content (AvgIpc) is 2.84. The summed E-state index contributed by atoms with van der Waals surface area (Å²) >= 11 is 1.41. The van der Waals surface area contributed by atoms with E-state index in [0.717, 1.165) is 5.16 Å². The third-order valence-electron chi connectivity index (χ3n) is 2.87. The monoisotopic (exact) mass is 298 g/mol. The van der Waals surface area contributed by atoms with Gasteiger partial charge >= 0.3 is 0 Å². The van der Waals surface area contributed by atoms with Crippen LogP contribution in [0.2, 0.25) is 0 Å². The molecule has 0 fully saturated rings. The molecule has 0 aromatic carbocycles. The molecule has 1 N–H and O–H groups in total. The fourth-order valence-electron chi connectivity index (χ4n) is 1.60. The van der Waals surface area contributed by atoms with E-state index in [1.54, 1.807) is 12.3 Å². The Morgan fingerprint density at radius 2 is 2.45 bits per heavy atom. The second kappa shape index (κ2) is 7.68. The summed E-state index contributed by atoms with van der Waals surface area (Å²) in [7, 11) is 1.87. The van der Waals surface area contributed by atoms with Gasteiger partial charge in [0.15, 0.2) is 5.16 Å². The van der Waals surface area contributed by atoms with Gasteiger partial charge < -0.3 is 9.77 Å². The topological polar surface area (TPSA) is 93.5 Å². The van der Waals surface area contributed by atoms with E-state index in [-0.39, 0.29) is 4.92 Å². The lowest BCUT2D eigenvalue weighted by Crippen LogP contribution is -2.18. The molecular weight excluding hydrogens is 280 g/mol. The minimum atomic E-state index is -0.782. The number of imidazole rings is 1. The van der Waals surface area contributed by atoms with E-state index in [1.165, 1.54) is 18.7 Å². The Hall–Kier alpha value is -1.83. The second-order valence-corrected chi connectivity index (χ2v) is 5.18. The van der Waals surface area contributed by atoms with Crippen LogP contribution in [0, 0.1) is 10.1 Å². The number of thioether (sulfide) groups is 1. The SMILES string of the molecule is CCC(=CC(CSc1nccn1C)=NO)C(C)[N+](=O)[O-]. The third kappa shape index (κ3) is 4.37. The highest BCUT2D eigenvalue weighted by molar-refractivity contribution is 7.99. The van der Waals surface area contributed by atoms with Crippen molar-refractivity contribution in [3.8, 4) is 0 Å². The van der Waals surface area contributed by atoms with Crippen LogP contribution in [0.4, 0.5) is 0 Å². The van der Waals surface area contributed by atoms with E-state index in [9.17, 15) is 10.1 Å². The number of oxime groups is 1. The van der Waals surface area contributed by atoms with Gasteiger partial charge in [0.1, 0.15) is 0 Å². The molecule has 1 heterocycles. The minimum absolute atomic E-state index is 0.351. The molecular formula is C12H18N4O3S. The molecule has 0 spiro atoms. The number of aryl methyl sites for hydroxylation is 1. The lowest BCUT2D eigenvalue weighted by Gasteiger charge is -2.07. The Bertz CT molecular complexity index is 525. The van der Waals surface area contributed by atoms with Crippen molar-refractivity contribution in [2.75, 3.05) is 5.75 Å². The Morgan fingerprint density at radius 3 is 2.90 bits per heavy atom. The first-order chi connectivity index (χ1) is 9.49. The van der Waals surface area contributed by atoms with Crippen molar-refractivity contribution >= 4 is 17.5 Å². The van der Waals surface area contributed by atoms with Gasteiger partial charge in [0.2, 0.25) is 6.04 Å². The molecule has 20 heavy (non-hydrogen) atoms. The number of aromatic nitrogens is 2. The molecule has 0 saturated carbocycles. The Kier molecular flexibility index (Phi) is 6.23. The van der Waals surface area contributed by atoms with Crippen molar-refractivity contribution < 1.29 is 10.1 Å². The molecule has 0 aliphatic carbocycles. The molecule has 0 aliphatic heterocycles.